The normalized spacial score (nSPS) is 16.6. The number of carbonyl (C=O) groups excluding carboxylic acids is 2. The molecule has 1 aliphatic heterocycles. The van der Waals surface area contributed by atoms with Gasteiger partial charge in [-0.3, -0.25) is 14.5 Å². The highest BCUT2D eigenvalue weighted by atomic mass is 16.3. The number of benzene rings is 2. The highest BCUT2D eigenvalue weighted by Crippen LogP contribution is 2.30. The Morgan fingerprint density at radius 2 is 1.83 bits per heavy atom. The number of nitrogens with one attached hydrogen (secondary N) is 1. The van der Waals surface area contributed by atoms with Gasteiger partial charge in [-0.2, -0.15) is 0 Å². The molecule has 1 aliphatic rings. The highest BCUT2D eigenvalue weighted by Gasteiger charge is 2.29. The van der Waals surface area contributed by atoms with Gasteiger partial charge < -0.3 is 15.5 Å². The van der Waals surface area contributed by atoms with Gasteiger partial charge in [-0.1, -0.05) is 12.1 Å². The Kier molecular flexibility index (Phi) is 5.31. The van der Waals surface area contributed by atoms with E-state index in [1.165, 1.54) is 0 Å². The largest absolute Gasteiger partial charge is 0.440 e. The molecular formula is C22H24N4O3. The third-order valence-electron chi connectivity index (χ3n) is 5.55. The molecule has 1 fully saturated rings. The number of anilines is 1. The first-order valence-corrected chi connectivity index (χ1v) is 9.81. The number of rotatable bonds is 5. The van der Waals surface area contributed by atoms with Gasteiger partial charge >= 0.3 is 0 Å². The van der Waals surface area contributed by atoms with Crippen molar-refractivity contribution in [3.8, 4) is 0 Å². The lowest BCUT2D eigenvalue weighted by Gasteiger charge is -2.34. The standard InChI is InChI=1S/C22H24N4O3/c1-14(21(28)24-17-8-6-15(7-9-17)20(23)27)26-12-10-16(11-13-26)22-25-18-4-2-3-5-19(18)29-22/h2-9,14,16H,10-13H2,1H3,(H2,23,27)(H,24,28)/t14-/m1/s1. The van der Waals surface area contributed by atoms with Crippen molar-refractivity contribution in [2.24, 2.45) is 5.73 Å². The van der Waals surface area contributed by atoms with E-state index >= 15 is 0 Å². The number of hydrogen-bond donors (Lipinski definition) is 2. The average Bonchev–Trinajstić information content (AvgIpc) is 3.18. The molecule has 0 spiro atoms. The number of aromatic nitrogens is 1. The lowest BCUT2D eigenvalue weighted by molar-refractivity contribution is -0.121. The topological polar surface area (TPSA) is 101 Å². The van der Waals surface area contributed by atoms with Crippen molar-refractivity contribution in [1.29, 1.82) is 0 Å². The molecule has 7 heteroatoms. The molecule has 0 unspecified atom stereocenters. The van der Waals surface area contributed by atoms with Gasteiger partial charge in [0.15, 0.2) is 11.5 Å². The van der Waals surface area contributed by atoms with E-state index in [2.05, 4.69) is 15.2 Å². The second-order valence-electron chi connectivity index (χ2n) is 7.44. The van der Waals surface area contributed by atoms with Crippen LogP contribution < -0.4 is 11.1 Å². The molecule has 150 valence electrons. The van der Waals surface area contributed by atoms with Crippen molar-refractivity contribution in [3.63, 3.8) is 0 Å². The average molecular weight is 392 g/mol. The summed E-state index contributed by atoms with van der Waals surface area (Å²) in [6.45, 7) is 3.52. The monoisotopic (exact) mass is 392 g/mol. The SMILES string of the molecule is C[C@H](C(=O)Nc1ccc(C(N)=O)cc1)N1CCC(c2nc3ccccc3o2)CC1. The van der Waals surface area contributed by atoms with Crippen LogP contribution in [0.5, 0.6) is 0 Å². The number of likely N-dealkylation sites (tertiary alicyclic amines) is 1. The molecule has 1 saturated heterocycles. The summed E-state index contributed by atoms with van der Waals surface area (Å²) in [5, 5.41) is 2.90. The van der Waals surface area contributed by atoms with E-state index in [4.69, 9.17) is 10.2 Å². The number of carbonyl (C=O) groups is 2. The zero-order valence-corrected chi connectivity index (χ0v) is 16.3. The molecule has 2 amide bonds. The minimum absolute atomic E-state index is 0.0721. The van der Waals surface area contributed by atoms with Crippen molar-refractivity contribution in [3.05, 3.63) is 60.0 Å². The molecule has 0 saturated carbocycles. The predicted molar refractivity (Wildman–Crippen MR) is 111 cm³/mol. The molecule has 4 rings (SSSR count). The molecule has 0 aliphatic carbocycles. The summed E-state index contributed by atoms with van der Waals surface area (Å²) in [6, 6.07) is 14.1. The number of hydrogen-bond acceptors (Lipinski definition) is 5. The maximum atomic E-state index is 12.6. The van der Waals surface area contributed by atoms with E-state index in [9.17, 15) is 9.59 Å². The lowest BCUT2D eigenvalue weighted by atomic mass is 9.95. The number of piperidine rings is 1. The maximum absolute atomic E-state index is 12.6. The van der Waals surface area contributed by atoms with Crippen LogP contribution in [0.1, 0.15) is 41.9 Å². The second-order valence-corrected chi connectivity index (χ2v) is 7.44. The van der Waals surface area contributed by atoms with Crippen molar-refractivity contribution in [1.82, 2.24) is 9.88 Å². The van der Waals surface area contributed by atoms with Crippen molar-refractivity contribution in [2.45, 2.75) is 31.7 Å². The quantitative estimate of drug-likeness (QED) is 0.695. The lowest BCUT2D eigenvalue weighted by Crippen LogP contribution is -2.45. The number of nitrogens with zero attached hydrogens (tertiary/aromatic N) is 2. The molecule has 7 nitrogen and oxygen atoms in total. The van der Waals surface area contributed by atoms with Crippen LogP contribution in [-0.4, -0.2) is 40.8 Å². The van der Waals surface area contributed by atoms with Crippen LogP contribution in [0.15, 0.2) is 52.9 Å². The molecule has 0 bridgehead atoms. The van der Waals surface area contributed by atoms with Crippen LogP contribution in [0.25, 0.3) is 11.1 Å². The third-order valence-corrected chi connectivity index (χ3v) is 5.55. The number of nitrogens with two attached hydrogens (primary N) is 1. The number of primary amides is 1. The third kappa shape index (κ3) is 4.14. The Hall–Kier alpha value is -3.19. The number of amides is 2. The van der Waals surface area contributed by atoms with Gasteiger partial charge in [0, 0.05) is 17.2 Å². The van der Waals surface area contributed by atoms with Crippen molar-refractivity contribution < 1.29 is 14.0 Å². The first kappa shape index (κ1) is 19.1. The number of para-hydroxylation sites is 2. The summed E-state index contributed by atoms with van der Waals surface area (Å²) in [4.78, 5) is 30.6. The van der Waals surface area contributed by atoms with E-state index in [-0.39, 0.29) is 17.9 Å². The van der Waals surface area contributed by atoms with Crippen LogP contribution in [0.3, 0.4) is 0 Å². The van der Waals surface area contributed by atoms with Crippen LogP contribution in [0.4, 0.5) is 5.69 Å². The van der Waals surface area contributed by atoms with Crippen molar-refractivity contribution >= 4 is 28.6 Å². The van der Waals surface area contributed by atoms with E-state index in [0.29, 0.717) is 11.3 Å². The molecule has 3 N–H and O–H groups in total. The molecule has 3 aromatic rings. The van der Waals surface area contributed by atoms with Crippen LogP contribution in [-0.2, 0) is 4.79 Å². The van der Waals surface area contributed by atoms with E-state index < -0.39 is 5.91 Å². The summed E-state index contributed by atoms with van der Waals surface area (Å²) in [7, 11) is 0. The van der Waals surface area contributed by atoms with Crippen molar-refractivity contribution in [2.75, 3.05) is 18.4 Å². The molecule has 29 heavy (non-hydrogen) atoms. The summed E-state index contributed by atoms with van der Waals surface area (Å²) in [5.41, 5.74) is 8.01. The minimum Gasteiger partial charge on any atom is -0.440 e. The number of oxazole rings is 1. The fourth-order valence-electron chi connectivity index (χ4n) is 3.73. The van der Waals surface area contributed by atoms with Crippen LogP contribution in [0, 0.1) is 0 Å². The summed E-state index contributed by atoms with van der Waals surface area (Å²) < 4.78 is 5.91. The Balaban J connectivity index is 1.33. The Morgan fingerprint density at radius 3 is 2.48 bits per heavy atom. The Bertz CT molecular complexity index is 987. The van der Waals surface area contributed by atoms with Crippen LogP contribution >= 0.6 is 0 Å². The van der Waals surface area contributed by atoms with Gasteiger partial charge in [0.2, 0.25) is 11.8 Å². The fraction of sp³-hybridized carbons (Fsp3) is 0.318. The molecule has 1 aromatic heterocycles. The summed E-state index contributed by atoms with van der Waals surface area (Å²) in [6.07, 6.45) is 1.80. The summed E-state index contributed by atoms with van der Waals surface area (Å²) >= 11 is 0. The van der Waals surface area contributed by atoms with Gasteiger partial charge in [0.05, 0.1) is 6.04 Å². The van der Waals surface area contributed by atoms with Gasteiger partial charge in [-0.15, -0.1) is 0 Å². The van der Waals surface area contributed by atoms with E-state index in [1.54, 1.807) is 24.3 Å². The molecule has 2 heterocycles. The Morgan fingerprint density at radius 1 is 1.14 bits per heavy atom. The van der Waals surface area contributed by atoms with Gasteiger partial charge in [-0.05, 0) is 69.3 Å². The molecule has 2 aromatic carbocycles. The van der Waals surface area contributed by atoms with Gasteiger partial charge in [0.1, 0.15) is 5.52 Å². The van der Waals surface area contributed by atoms with Gasteiger partial charge in [0.25, 0.3) is 0 Å². The predicted octanol–water partition coefficient (Wildman–Crippen LogP) is 3.13. The number of fused-ring (bicyclic) bond motifs is 1. The van der Waals surface area contributed by atoms with E-state index in [0.717, 1.165) is 42.9 Å². The first-order valence-electron chi connectivity index (χ1n) is 9.81. The second kappa shape index (κ2) is 8.05. The van der Waals surface area contributed by atoms with E-state index in [1.807, 2.05) is 31.2 Å². The first-order chi connectivity index (χ1) is 14.0. The smallest absolute Gasteiger partial charge is 0.248 e. The maximum Gasteiger partial charge on any atom is 0.248 e. The zero-order chi connectivity index (χ0) is 20.4. The zero-order valence-electron chi connectivity index (χ0n) is 16.3. The molecule has 0 radical (unpaired) electrons. The Labute approximate surface area is 168 Å². The highest BCUT2D eigenvalue weighted by molar-refractivity contribution is 5.96. The molecular weight excluding hydrogens is 368 g/mol. The molecule has 1 atom stereocenters. The summed E-state index contributed by atoms with van der Waals surface area (Å²) in [5.74, 6) is 0.503. The minimum atomic E-state index is -0.488. The fourth-order valence-corrected chi connectivity index (χ4v) is 3.73. The van der Waals surface area contributed by atoms with Gasteiger partial charge in [-0.25, -0.2) is 4.98 Å². The van der Waals surface area contributed by atoms with Crippen LogP contribution in [0.2, 0.25) is 0 Å².